The summed E-state index contributed by atoms with van der Waals surface area (Å²) in [5.41, 5.74) is 4.12. The summed E-state index contributed by atoms with van der Waals surface area (Å²) in [6.07, 6.45) is 8.40. The van der Waals surface area contributed by atoms with Crippen molar-refractivity contribution < 1.29 is 0 Å². The molecular formula is C25H31N. The van der Waals surface area contributed by atoms with Crippen LogP contribution in [0.4, 0.5) is 11.4 Å². The Balaban J connectivity index is 1.96. The zero-order chi connectivity index (χ0) is 18.6. The zero-order valence-electron chi connectivity index (χ0n) is 16.5. The Labute approximate surface area is 159 Å². The third-order valence-electron chi connectivity index (χ3n) is 5.73. The zero-order valence-corrected chi connectivity index (χ0v) is 16.5. The maximum absolute atomic E-state index is 2.48. The maximum atomic E-state index is 2.48. The molecular weight excluding hydrogens is 314 g/mol. The molecule has 2 aromatic carbocycles. The molecule has 0 bridgehead atoms. The van der Waals surface area contributed by atoms with Crippen molar-refractivity contribution in [1.29, 1.82) is 0 Å². The summed E-state index contributed by atoms with van der Waals surface area (Å²) in [5.74, 6) is 1.16. The van der Waals surface area contributed by atoms with E-state index in [-0.39, 0.29) is 5.41 Å². The molecule has 1 heteroatoms. The molecule has 0 N–H and O–H groups in total. The quantitative estimate of drug-likeness (QED) is 0.544. The van der Waals surface area contributed by atoms with Crippen molar-refractivity contribution in [3.05, 3.63) is 84.5 Å². The van der Waals surface area contributed by atoms with Gasteiger partial charge in [0.2, 0.25) is 0 Å². The molecule has 3 rings (SSSR count). The Morgan fingerprint density at radius 2 is 1.38 bits per heavy atom. The predicted molar refractivity (Wildman–Crippen MR) is 114 cm³/mol. The number of benzene rings is 2. The number of anilines is 2. The highest BCUT2D eigenvalue weighted by Crippen LogP contribution is 2.42. The fourth-order valence-electron chi connectivity index (χ4n) is 3.70. The highest BCUT2D eigenvalue weighted by Gasteiger charge is 2.34. The van der Waals surface area contributed by atoms with Crippen LogP contribution in [0, 0.1) is 17.3 Å². The highest BCUT2D eigenvalue weighted by molar-refractivity contribution is 5.63. The second-order valence-corrected chi connectivity index (χ2v) is 8.04. The van der Waals surface area contributed by atoms with E-state index in [0.717, 1.165) is 13.0 Å². The molecule has 1 aliphatic carbocycles. The first-order valence-electron chi connectivity index (χ1n) is 9.79. The standard InChI is InChI=1S/C25H31N/c1-20(2)22-15-17-25(18-16-22,21(3)4)19-26(23-11-7-5-8-12-23)24-13-9-6-10-14-24/h5-17,20-21H,18-19H2,1-4H3. The van der Waals surface area contributed by atoms with Crippen molar-refractivity contribution in [2.75, 3.05) is 11.4 Å². The van der Waals surface area contributed by atoms with Gasteiger partial charge in [0.05, 0.1) is 0 Å². The van der Waals surface area contributed by atoms with Crippen molar-refractivity contribution in [3.63, 3.8) is 0 Å². The van der Waals surface area contributed by atoms with Crippen LogP contribution in [0.3, 0.4) is 0 Å². The topological polar surface area (TPSA) is 3.24 Å². The summed E-state index contributed by atoms with van der Waals surface area (Å²) in [5, 5.41) is 0. The maximum Gasteiger partial charge on any atom is 0.0411 e. The molecule has 1 nitrogen and oxygen atoms in total. The van der Waals surface area contributed by atoms with E-state index in [4.69, 9.17) is 0 Å². The van der Waals surface area contributed by atoms with Gasteiger partial charge in [-0.3, -0.25) is 0 Å². The van der Waals surface area contributed by atoms with E-state index in [9.17, 15) is 0 Å². The fraction of sp³-hybridized carbons (Fsp3) is 0.360. The van der Waals surface area contributed by atoms with E-state index in [1.165, 1.54) is 16.9 Å². The Morgan fingerprint density at radius 1 is 0.846 bits per heavy atom. The monoisotopic (exact) mass is 345 g/mol. The molecule has 0 saturated carbocycles. The number of nitrogens with zero attached hydrogens (tertiary/aromatic N) is 1. The molecule has 0 heterocycles. The van der Waals surface area contributed by atoms with Crippen molar-refractivity contribution in [2.45, 2.75) is 34.1 Å². The Morgan fingerprint density at radius 3 is 1.77 bits per heavy atom. The molecule has 136 valence electrons. The molecule has 1 unspecified atom stereocenters. The molecule has 0 saturated heterocycles. The molecule has 26 heavy (non-hydrogen) atoms. The minimum Gasteiger partial charge on any atom is -0.341 e. The number of allylic oxidation sites excluding steroid dienone is 3. The molecule has 2 aromatic rings. The molecule has 0 spiro atoms. The molecule has 0 fully saturated rings. The van der Waals surface area contributed by atoms with Crippen LogP contribution >= 0.6 is 0 Å². The third kappa shape index (κ3) is 3.93. The molecule has 1 atom stereocenters. The van der Waals surface area contributed by atoms with E-state index in [1.807, 2.05) is 0 Å². The van der Waals surface area contributed by atoms with Gasteiger partial charge >= 0.3 is 0 Å². The number of rotatable bonds is 6. The summed E-state index contributed by atoms with van der Waals surface area (Å²) in [7, 11) is 0. The van der Waals surface area contributed by atoms with E-state index < -0.39 is 0 Å². The molecule has 1 aliphatic rings. The Bertz CT molecular complexity index is 716. The SMILES string of the molecule is CC(C)C1=CCC(CN(c2ccccc2)c2ccccc2)(C(C)C)C=C1. The summed E-state index contributed by atoms with van der Waals surface area (Å²) >= 11 is 0. The van der Waals surface area contributed by atoms with Gasteiger partial charge < -0.3 is 4.90 Å². The van der Waals surface area contributed by atoms with E-state index in [1.54, 1.807) is 0 Å². The van der Waals surface area contributed by atoms with Crippen LogP contribution in [0.5, 0.6) is 0 Å². The summed E-state index contributed by atoms with van der Waals surface area (Å²) < 4.78 is 0. The van der Waals surface area contributed by atoms with E-state index in [0.29, 0.717) is 11.8 Å². The van der Waals surface area contributed by atoms with Gasteiger partial charge in [-0.25, -0.2) is 0 Å². The van der Waals surface area contributed by atoms with Crippen LogP contribution in [-0.4, -0.2) is 6.54 Å². The van der Waals surface area contributed by atoms with E-state index >= 15 is 0 Å². The van der Waals surface area contributed by atoms with Crippen LogP contribution < -0.4 is 4.90 Å². The highest BCUT2D eigenvalue weighted by atomic mass is 15.1. The second kappa shape index (κ2) is 7.95. The van der Waals surface area contributed by atoms with Crippen LogP contribution in [0.15, 0.2) is 84.5 Å². The van der Waals surface area contributed by atoms with Gasteiger partial charge in [-0.15, -0.1) is 0 Å². The lowest BCUT2D eigenvalue weighted by Crippen LogP contribution is -2.38. The van der Waals surface area contributed by atoms with Crippen LogP contribution in [-0.2, 0) is 0 Å². The largest absolute Gasteiger partial charge is 0.341 e. The minimum atomic E-state index is 0.143. The van der Waals surface area contributed by atoms with Crippen LogP contribution in [0.2, 0.25) is 0 Å². The Kier molecular flexibility index (Phi) is 5.66. The van der Waals surface area contributed by atoms with Gasteiger partial charge in [-0.2, -0.15) is 0 Å². The van der Waals surface area contributed by atoms with Crippen molar-refractivity contribution >= 4 is 11.4 Å². The van der Waals surface area contributed by atoms with E-state index in [2.05, 4.69) is 111 Å². The molecule has 0 radical (unpaired) electrons. The summed E-state index contributed by atoms with van der Waals surface area (Å²) in [4.78, 5) is 2.47. The first-order chi connectivity index (χ1) is 12.5. The second-order valence-electron chi connectivity index (χ2n) is 8.04. The number of hydrogen-bond acceptors (Lipinski definition) is 1. The smallest absolute Gasteiger partial charge is 0.0411 e. The normalized spacial score (nSPS) is 19.7. The van der Waals surface area contributed by atoms with Gasteiger partial charge in [0.25, 0.3) is 0 Å². The molecule has 0 aromatic heterocycles. The van der Waals surface area contributed by atoms with Crippen molar-refractivity contribution in [1.82, 2.24) is 0 Å². The van der Waals surface area contributed by atoms with Gasteiger partial charge in [-0.05, 0) is 48.1 Å². The lowest BCUT2D eigenvalue weighted by atomic mass is 9.70. The van der Waals surface area contributed by atoms with Gasteiger partial charge in [0.1, 0.15) is 0 Å². The fourth-order valence-corrected chi connectivity index (χ4v) is 3.70. The van der Waals surface area contributed by atoms with Gasteiger partial charge in [0.15, 0.2) is 0 Å². The molecule has 0 aliphatic heterocycles. The average molecular weight is 346 g/mol. The number of para-hydroxylation sites is 2. The Hall–Kier alpha value is -2.28. The summed E-state index contributed by atoms with van der Waals surface area (Å²) in [6.45, 7) is 10.2. The minimum absolute atomic E-state index is 0.143. The van der Waals surface area contributed by atoms with Gasteiger partial charge in [-0.1, -0.05) is 82.3 Å². The van der Waals surface area contributed by atoms with Crippen molar-refractivity contribution in [2.24, 2.45) is 17.3 Å². The van der Waals surface area contributed by atoms with Gasteiger partial charge in [0, 0.05) is 23.3 Å². The molecule has 0 amide bonds. The van der Waals surface area contributed by atoms with Crippen LogP contribution in [0.1, 0.15) is 34.1 Å². The lowest BCUT2D eigenvalue weighted by molar-refractivity contribution is 0.273. The lowest BCUT2D eigenvalue weighted by Gasteiger charge is -2.42. The first kappa shape index (κ1) is 18.5. The predicted octanol–water partition coefficient (Wildman–Crippen LogP) is 7.01. The first-order valence-corrected chi connectivity index (χ1v) is 9.79. The number of hydrogen-bond donors (Lipinski definition) is 0. The third-order valence-corrected chi connectivity index (χ3v) is 5.73. The van der Waals surface area contributed by atoms with Crippen LogP contribution in [0.25, 0.3) is 0 Å². The summed E-state index contributed by atoms with van der Waals surface area (Å²) in [6, 6.07) is 21.5. The van der Waals surface area contributed by atoms with Crippen molar-refractivity contribution in [3.8, 4) is 0 Å². The average Bonchev–Trinajstić information content (AvgIpc) is 2.67.